The number of halogens is 1. The van der Waals surface area contributed by atoms with Crippen molar-refractivity contribution < 1.29 is 14.0 Å². The summed E-state index contributed by atoms with van der Waals surface area (Å²) in [4.78, 5) is 29.0. The number of hydrogen-bond donors (Lipinski definition) is 1. The van der Waals surface area contributed by atoms with Gasteiger partial charge in [0.2, 0.25) is 0 Å². The maximum absolute atomic E-state index is 13.0. The Hall–Kier alpha value is -2.31. The smallest absolute Gasteiger partial charge is 0.319 e. The second kappa shape index (κ2) is 5.99. The number of nitrogens with zero attached hydrogens (tertiary/aromatic N) is 3. The monoisotopic (exact) mass is 294 g/mol. The van der Waals surface area contributed by atoms with Gasteiger partial charge in [0, 0.05) is 46.0 Å². The van der Waals surface area contributed by atoms with E-state index < -0.39 is 5.82 Å². The topological polar surface area (TPSA) is 69.9 Å². The summed E-state index contributed by atoms with van der Waals surface area (Å²) >= 11 is 0. The van der Waals surface area contributed by atoms with Crippen LogP contribution < -0.4 is 5.73 Å². The molecule has 0 radical (unpaired) electrons. The minimum Gasteiger partial charge on any atom is -0.398 e. The fourth-order valence-electron chi connectivity index (χ4n) is 2.28. The van der Waals surface area contributed by atoms with E-state index in [1.54, 1.807) is 23.9 Å². The number of carbonyl (C=O) groups is 2. The average molecular weight is 294 g/mol. The molecule has 6 nitrogen and oxygen atoms in total. The molecule has 0 saturated carbocycles. The van der Waals surface area contributed by atoms with Gasteiger partial charge in [0.05, 0.1) is 5.56 Å². The second-order valence-corrected chi connectivity index (χ2v) is 5.19. The van der Waals surface area contributed by atoms with Crippen LogP contribution in [0.5, 0.6) is 0 Å². The molecule has 0 aromatic heterocycles. The Morgan fingerprint density at radius 3 is 2.24 bits per heavy atom. The van der Waals surface area contributed by atoms with Crippen molar-refractivity contribution >= 4 is 17.6 Å². The zero-order valence-electron chi connectivity index (χ0n) is 12.2. The average Bonchev–Trinajstić information content (AvgIpc) is 2.46. The van der Waals surface area contributed by atoms with E-state index in [2.05, 4.69) is 0 Å². The van der Waals surface area contributed by atoms with Crippen LogP contribution in [0.4, 0.5) is 14.9 Å². The van der Waals surface area contributed by atoms with E-state index in [4.69, 9.17) is 5.73 Å². The molecule has 7 heteroatoms. The van der Waals surface area contributed by atoms with Crippen LogP contribution in [0.3, 0.4) is 0 Å². The number of nitrogens with two attached hydrogens (primary N) is 1. The number of carbonyl (C=O) groups excluding carboxylic acids is 2. The number of piperazine rings is 1. The van der Waals surface area contributed by atoms with Gasteiger partial charge in [-0.2, -0.15) is 0 Å². The van der Waals surface area contributed by atoms with Gasteiger partial charge >= 0.3 is 6.03 Å². The molecule has 3 amide bonds. The summed E-state index contributed by atoms with van der Waals surface area (Å²) in [5.41, 5.74) is 6.11. The highest BCUT2D eigenvalue weighted by molar-refractivity contribution is 5.99. The molecule has 0 spiro atoms. The van der Waals surface area contributed by atoms with E-state index in [0.717, 1.165) is 6.07 Å². The van der Waals surface area contributed by atoms with Crippen molar-refractivity contribution in [2.75, 3.05) is 46.0 Å². The third-order valence-electron chi connectivity index (χ3n) is 3.46. The maximum atomic E-state index is 13.0. The highest BCUT2D eigenvalue weighted by atomic mass is 19.1. The summed E-state index contributed by atoms with van der Waals surface area (Å²) in [7, 11) is 3.39. The Balaban J connectivity index is 2.02. The molecule has 1 aliphatic heterocycles. The van der Waals surface area contributed by atoms with Crippen LogP contribution in [-0.2, 0) is 0 Å². The first-order chi connectivity index (χ1) is 9.90. The van der Waals surface area contributed by atoms with Crippen LogP contribution in [0.2, 0.25) is 0 Å². The van der Waals surface area contributed by atoms with Gasteiger partial charge in [-0.05, 0) is 18.2 Å². The van der Waals surface area contributed by atoms with Gasteiger partial charge in [-0.3, -0.25) is 4.79 Å². The van der Waals surface area contributed by atoms with Crippen molar-refractivity contribution in [1.29, 1.82) is 0 Å². The lowest BCUT2D eigenvalue weighted by molar-refractivity contribution is 0.0651. The first-order valence-electron chi connectivity index (χ1n) is 6.70. The SMILES string of the molecule is CN(C)C(=O)N1CCN(C(=O)c2ccc(F)cc2N)CC1. The Morgan fingerprint density at radius 2 is 1.71 bits per heavy atom. The van der Waals surface area contributed by atoms with E-state index in [9.17, 15) is 14.0 Å². The fraction of sp³-hybridized carbons (Fsp3) is 0.429. The molecular weight excluding hydrogens is 275 g/mol. The van der Waals surface area contributed by atoms with Gasteiger partial charge < -0.3 is 20.4 Å². The third kappa shape index (κ3) is 3.24. The predicted molar refractivity (Wildman–Crippen MR) is 77.4 cm³/mol. The molecule has 114 valence electrons. The number of urea groups is 1. The molecule has 2 rings (SSSR count). The molecule has 0 atom stereocenters. The maximum Gasteiger partial charge on any atom is 0.319 e. The number of anilines is 1. The molecule has 2 N–H and O–H groups in total. The van der Waals surface area contributed by atoms with E-state index in [1.165, 1.54) is 17.0 Å². The lowest BCUT2D eigenvalue weighted by Crippen LogP contribution is -2.52. The number of hydrogen-bond acceptors (Lipinski definition) is 3. The molecule has 0 bridgehead atoms. The lowest BCUT2D eigenvalue weighted by Gasteiger charge is -2.36. The molecule has 1 fully saturated rings. The number of benzene rings is 1. The van der Waals surface area contributed by atoms with Gasteiger partial charge in [0.25, 0.3) is 5.91 Å². The van der Waals surface area contributed by atoms with E-state index in [1.807, 2.05) is 0 Å². The molecule has 21 heavy (non-hydrogen) atoms. The minimum absolute atomic E-state index is 0.0663. The van der Waals surface area contributed by atoms with Crippen molar-refractivity contribution in [2.24, 2.45) is 0 Å². The van der Waals surface area contributed by atoms with Crippen LogP contribution >= 0.6 is 0 Å². The van der Waals surface area contributed by atoms with Gasteiger partial charge in [0.1, 0.15) is 5.82 Å². The zero-order valence-corrected chi connectivity index (χ0v) is 12.2. The van der Waals surface area contributed by atoms with Crippen LogP contribution in [0.25, 0.3) is 0 Å². The molecule has 1 aromatic carbocycles. The largest absolute Gasteiger partial charge is 0.398 e. The van der Waals surface area contributed by atoms with Crippen molar-refractivity contribution in [1.82, 2.24) is 14.7 Å². The predicted octanol–water partition coefficient (Wildman–Crippen LogP) is 0.847. The molecular formula is C14H19FN4O2. The molecule has 1 heterocycles. The fourth-order valence-corrected chi connectivity index (χ4v) is 2.28. The highest BCUT2D eigenvalue weighted by Gasteiger charge is 2.26. The zero-order chi connectivity index (χ0) is 15.6. The molecule has 1 saturated heterocycles. The molecule has 0 unspecified atom stereocenters. The van der Waals surface area contributed by atoms with E-state index in [0.29, 0.717) is 31.7 Å². The molecule has 0 aliphatic carbocycles. The summed E-state index contributed by atoms with van der Waals surface area (Å²) in [5, 5.41) is 0. The van der Waals surface area contributed by atoms with E-state index in [-0.39, 0.29) is 17.6 Å². The van der Waals surface area contributed by atoms with Crippen LogP contribution in [0.1, 0.15) is 10.4 Å². The van der Waals surface area contributed by atoms with Crippen molar-refractivity contribution in [3.8, 4) is 0 Å². The Bertz CT molecular complexity index is 554. The number of nitrogen functional groups attached to an aromatic ring is 1. The number of rotatable bonds is 1. The molecule has 1 aromatic rings. The Morgan fingerprint density at radius 1 is 1.14 bits per heavy atom. The van der Waals surface area contributed by atoms with Crippen molar-refractivity contribution in [2.45, 2.75) is 0 Å². The minimum atomic E-state index is -0.467. The van der Waals surface area contributed by atoms with E-state index >= 15 is 0 Å². The molecule has 1 aliphatic rings. The Kier molecular flexibility index (Phi) is 4.30. The van der Waals surface area contributed by atoms with Crippen LogP contribution in [0.15, 0.2) is 18.2 Å². The van der Waals surface area contributed by atoms with Gasteiger partial charge in [0.15, 0.2) is 0 Å². The summed E-state index contributed by atoms with van der Waals surface area (Å²) < 4.78 is 13.0. The first kappa shape index (κ1) is 15.1. The summed E-state index contributed by atoms with van der Waals surface area (Å²) in [6.07, 6.45) is 0. The standard InChI is InChI=1S/C14H19FN4O2/c1-17(2)14(21)19-7-5-18(6-8-19)13(20)11-4-3-10(15)9-12(11)16/h3-4,9H,5-8,16H2,1-2H3. The quantitative estimate of drug-likeness (QED) is 0.781. The van der Waals surface area contributed by atoms with Crippen LogP contribution in [0, 0.1) is 5.82 Å². The van der Waals surface area contributed by atoms with Crippen molar-refractivity contribution in [3.63, 3.8) is 0 Å². The van der Waals surface area contributed by atoms with Gasteiger partial charge in [-0.25, -0.2) is 9.18 Å². The Labute approximate surface area is 122 Å². The van der Waals surface area contributed by atoms with Gasteiger partial charge in [-0.1, -0.05) is 0 Å². The summed E-state index contributed by atoms with van der Waals surface area (Å²) in [6.45, 7) is 1.83. The normalized spacial score (nSPS) is 15.0. The summed E-state index contributed by atoms with van der Waals surface area (Å²) in [6, 6.07) is 3.68. The first-order valence-corrected chi connectivity index (χ1v) is 6.70. The summed E-state index contributed by atoms with van der Waals surface area (Å²) in [5.74, 6) is -0.699. The second-order valence-electron chi connectivity index (χ2n) is 5.19. The van der Waals surface area contributed by atoms with Crippen molar-refractivity contribution in [3.05, 3.63) is 29.6 Å². The number of amides is 3. The third-order valence-corrected chi connectivity index (χ3v) is 3.46. The van der Waals surface area contributed by atoms with Crippen LogP contribution in [-0.4, -0.2) is 66.9 Å². The van der Waals surface area contributed by atoms with Gasteiger partial charge in [-0.15, -0.1) is 0 Å². The lowest BCUT2D eigenvalue weighted by atomic mass is 10.1. The highest BCUT2D eigenvalue weighted by Crippen LogP contribution is 2.17.